The third-order valence-corrected chi connectivity index (χ3v) is 3.48. The molecule has 0 radical (unpaired) electrons. The van der Waals surface area contributed by atoms with E-state index in [1.807, 2.05) is 13.0 Å². The molecule has 16 heavy (non-hydrogen) atoms. The van der Waals surface area contributed by atoms with E-state index in [0.29, 0.717) is 0 Å². The van der Waals surface area contributed by atoms with Gasteiger partial charge in [-0.25, -0.2) is 0 Å². The van der Waals surface area contributed by atoms with Crippen molar-refractivity contribution in [2.75, 3.05) is 0 Å². The monoisotopic (exact) mass is 216 g/mol. The van der Waals surface area contributed by atoms with Crippen LogP contribution in [0.2, 0.25) is 0 Å². The lowest BCUT2D eigenvalue weighted by molar-refractivity contribution is 0.693. The highest BCUT2D eigenvalue weighted by molar-refractivity contribution is 5.26. The molecule has 2 atom stereocenters. The highest BCUT2D eigenvalue weighted by Gasteiger charge is 2.29. The van der Waals surface area contributed by atoms with Gasteiger partial charge in [-0.2, -0.15) is 0 Å². The Kier molecular flexibility index (Phi) is 5.31. The second-order valence-electron chi connectivity index (χ2n) is 4.68. The summed E-state index contributed by atoms with van der Waals surface area (Å²) < 4.78 is 0. The maximum atomic E-state index is 3.61. The number of fused-ring (bicyclic) bond motifs is 2. The van der Waals surface area contributed by atoms with Gasteiger partial charge in [-0.05, 0) is 51.9 Å². The summed E-state index contributed by atoms with van der Waals surface area (Å²) in [4.78, 5) is 0. The molecule has 2 aliphatic carbocycles. The standard InChI is InChI=1S/C9H12.C7H12/c1-2-8-5-7-3-4-9(8)6-7;1-4-6-7(3)5-2/h2-4,7,9H,5-6H2,1H3;4-5H,1,6H2,2-3H3. The molecule has 0 saturated heterocycles. The zero-order valence-electron chi connectivity index (χ0n) is 10.9. The molecule has 0 aromatic heterocycles. The molecule has 2 aliphatic rings. The van der Waals surface area contributed by atoms with Gasteiger partial charge in [0.15, 0.2) is 0 Å². The maximum Gasteiger partial charge on any atom is -0.00174 e. The lowest BCUT2D eigenvalue weighted by Gasteiger charge is -2.05. The van der Waals surface area contributed by atoms with Gasteiger partial charge in [-0.15, -0.1) is 6.58 Å². The zero-order valence-corrected chi connectivity index (χ0v) is 10.9. The maximum absolute atomic E-state index is 3.61. The molecule has 0 amide bonds. The molecule has 0 N–H and O–H groups in total. The van der Waals surface area contributed by atoms with Crippen molar-refractivity contribution in [3.63, 3.8) is 0 Å². The molecule has 0 aliphatic heterocycles. The van der Waals surface area contributed by atoms with E-state index in [2.05, 4.69) is 44.7 Å². The fourth-order valence-corrected chi connectivity index (χ4v) is 2.33. The van der Waals surface area contributed by atoms with E-state index in [1.54, 1.807) is 5.57 Å². The largest absolute Gasteiger partial charge is 0.103 e. The Bertz CT molecular complexity index is 315. The molecule has 2 bridgehead atoms. The molecular formula is C16H24. The van der Waals surface area contributed by atoms with E-state index < -0.39 is 0 Å². The second-order valence-corrected chi connectivity index (χ2v) is 4.68. The van der Waals surface area contributed by atoms with Crippen molar-refractivity contribution in [1.82, 2.24) is 0 Å². The number of hydrogen-bond donors (Lipinski definition) is 0. The summed E-state index contributed by atoms with van der Waals surface area (Å²) in [5.74, 6) is 1.74. The first-order chi connectivity index (χ1) is 7.71. The van der Waals surface area contributed by atoms with E-state index in [-0.39, 0.29) is 0 Å². The molecule has 0 aromatic rings. The average Bonchev–Trinajstić information content (AvgIpc) is 2.91. The van der Waals surface area contributed by atoms with Gasteiger partial charge in [0.05, 0.1) is 0 Å². The van der Waals surface area contributed by atoms with Crippen LogP contribution in [0.15, 0.2) is 48.1 Å². The van der Waals surface area contributed by atoms with E-state index >= 15 is 0 Å². The van der Waals surface area contributed by atoms with Gasteiger partial charge in [0.25, 0.3) is 0 Å². The number of hydrogen-bond acceptors (Lipinski definition) is 0. The zero-order chi connectivity index (χ0) is 12.0. The summed E-state index contributed by atoms with van der Waals surface area (Å²) in [6, 6.07) is 0. The van der Waals surface area contributed by atoms with Gasteiger partial charge >= 0.3 is 0 Å². The van der Waals surface area contributed by atoms with Crippen LogP contribution in [0, 0.1) is 11.8 Å². The van der Waals surface area contributed by atoms with Gasteiger partial charge in [-0.1, -0.05) is 41.5 Å². The quantitative estimate of drug-likeness (QED) is 0.566. The van der Waals surface area contributed by atoms with Crippen molar-refractivity contribution in [3.05, 3.63) is 48.1 Å². The van der Waals surface area contributed by atoms with Crippen LogP contribution in [0.1, 0.15) is 40.0 Å². The van der Waals surface area contributed by atoms with E-state index in [0.717, 1.165) is 18.3 Å². The van der Waals surface area contributed by atoms with Crippen LogP contribution in [-0.4, -0.2) is 0 Å². The molecule has 0 spiro atoms. The lowest BCUT2D eigenvalue weighted by atomic mass is 10.0. The molecule has 2 rings (SSSR count). The predicted molar refractivity (Wildman–Crippen MR) is 73.4 cm³/mol. The minimum Gasteiger partial charge on any atom is -0.103 e. The van der Waals surface area contributed by atoms with E-state index in [1.165, 1.54) is 18.4 Å². The first kappa shape index (κ1) is 13.0. The predicted octanol–water partition coefficient (Wildman–Crippen LogP) is 5.06. The van der Waals surface area contributed by atoms with Crippen LogP contribution >= 0.6 is 0 Å². The normalized spacial score (nSPS) is 29.2. The third-order valence-electron chi connectivity index (χ3n) is 3.48. The Morgan fingerprint density at radius 3 is 2.44 bits per heavy atom. The highest BCUT2D eigenvalue weighted by Crippen LogP contribution is 2.42. The minimum absolute atomic E-state index is 0.833. The fraction of sp³-hybridized carbons (Fsp3) is 0.500. The van der Waals surface area contributed by atoms with Crippen LogP contribution in [0.4, 0.5) is 0 Å². The first-order valence-electron chi connectivity index (χ1n) is 6.27. The van der Waals surface area contributed by atoms with Crippen molar-refractivity contribution in [3.8, 4) is 0 Å². The smallest absolute Gasteiger partial charge is 0.00174 e. The summed E-state index contributed by atoms with van der Waals surface area (Å²) in [5.41, 5.74) is 3.05. The lowest BCUT2D eigenvalue weighted by Crippen LogP contribution is -1.90. The van der Waals surface area contributed by atoms with Crippen LogP contribution in [-0.2, 0) is 0 Å². The molecule has 1 fully saturated rings. The summed E-state index contributed by atoms with van der Waals surface area (Å²) in [6.45, 7) is 9.90. The minimum atomic E-state index is 0.833. The SMILES string of the molecule is C=CCC(C)=CC.CC=C1CC2C=CC1C2. The molecule has 2 unspecified atom stereocenters. The van der Waals surface area contributed by atoms with E-state index in [9.17, 15) is 0 Å². The Morgan fingerprint density at radius 2 is 2.19 bits per heavy atom. The van der Waals surface area contributed by atoms with Gasteiger partial charge in [0.2, 0.25) is 0 Å². The molecule has 0 heteroatoms. The summed E-state index contributed by atoms with van der Waals surface area (Å²) in [7, 11) is 0. The summed E-state index contributed by atoms with van der Waals surface area (Å²) >= 11 is 0. The van der Waals surface area contributed by atoms with Crippen LogP contribution in [0.3, 0.4) is 0 Å². The van der Waals surface area contributed by atoms with Crippen molar-refractivity contribution < 1.29 is 0 Å². The molecule has 88 valence electrons. The van der Waals surface area contributed by atoms with Gasteiger partial charge in [0.1, 0.15) is 0 Å². The van der Waals surface area contributed by atoms with Crippen molar-refractivity contribution in [1.29, 1.82) is 0 Å². The summed E-state index contributed by atoms with van der Waals surface area (Å²) in [5, 5.41) is 0. The molecule has 0 nitrogen and oxygen atoms in total. The van der Waals surface area contributed by atoms with Crippen LogP contribution in [0.5, 0.6) is 0 Å². The van der Waals surface area contributed by atoms with Gasteiger partial charge in [0, 0.05) is 0 Å². The highest BCUT2D eigenvalue weighted by atomic mass is 14.3. The third kappa shape index (κ3) is 3.52. The fourth-order valence-electron chi connectivity index (χ4n) is 2.33. The average molecular weight is 216 g/mol. The van der Waals surface area contributed by atoms with Gasteiger partial charge < -0.3 is 0 Å². The van der Waals surface area contributed by atoms with Crippen LogP contribution in [0.25, 0.3) is 0 Å². The summed E-state index contributed by atoms with van der Waals surface area (Å²) in [6.07, 6.45) is 14.8. The van der Waals surface area contributed by atoms with Crippen molar-refractivity contribution >= 4 is 0 Å². The Hall–Kier alpha value is -1.04. The Balaban J connectivity index is 0.000000168. The second kappa shape index (κ2) is 6.52. The topological polar surface area (TPSA) is 0 Å². The van der Waals surface area contributed by atoms with E-state index in [4.69, 9.17) is 0 Å². The molecule has 0 heterocycles. The molecule has 1 saturated carbocycles. The molecular weight excluding hydrogens is 192 g/mol. The Labute approximate surface area is 100 Å². The Morgan fingerprint density at radius 1 is 1.44 bits per heavy atom. The number of allylic oxidation sites excluding steroid dienone is 7. The van der Waals surface area contributed by atoms with Gasteiger partial charge in [-0.3, -0.25) is 0 Å². The van der Waals surface area contributed by atoms with Crippen molar-refractivity contribution in [2.45, 2.75) is 40.0 Å². The number of rotatable bonds is 2. The van der Waals surface area contributed by atoms with Crippen molar-refractivity contribution in [2.24, 2.45) is 11.8 Å². The van der Waals surface area contributed by atoms with Crippen LogP contribution < -0.4 is 0 Å². The molecule has 0 aromatic carbocycles. The first-order valence-corrected chi connectivity index (χ1v) is 6.27.